The Kier molecular flexibility index (Phi) is 21.3. The zero-order valence-electron chi connectivity index (χ0n) is 44.2. The minimum Gasteiger partial charge on any atom is -0.493 e. The number of hydrogen-bond donors (Lipinski definition) is 4. The van der Waals surface area contributed by atoms with Crippen LogP contribution in [0.5, 0.6) is 34.5 Å². The summed E-state index contributed by atoms with van der Waals surface area (Å²) in [5.74, 6) is -5.43. The molecule has 20 heteroatoms. The Morgan fingerprint density at radius 1 is 0.506 bits per heavy atom. The fourth-order valence-electron chi connectivity index (χ4n) is 8.41. The highest BCUT2D eigenvalue weighted by molar-refractivity contribution is 6.01. The van der Waals surface area contributed by atoms with Gasteiger partial charge < -0.3 is 50.1 Å². The summed E-state index contributed by atoms with van der Waals surface area (Å²) in [5.41, 5.74) is 13.0. The van der Waals surface area contributed by atoms with Gasteiger partial charge in [0, 0.05) is 36.1 Å². The molecule has 0 saturated carbocycles. The summed E-state index contributed by atoms with van der Waals surface area (Å²) in [5, 5.41) is 24.5. The molecule has 0 radical (unpaired) electrons. The zero-order valence-corrected chi connectivity index (χ0v) is 44.2. The molecule has 6 aromatic carbocycles. The number of halogens is 6. The first kappa shape index (κ1) is 61.6. The predicted octanol–water partition coefficient (Wildman–Crippen LogP) is 11.9. The lowest BCUT2D eigenvalue weighted by atomic mass is 9.65. The lowest BCUT2D eigenvalue weighted by molar-refractivity contribution is -0.230. The molecular weight excluding hydrogens is 1070 g/mol. The number of hydrogen-bond acceptors (Lipinski definition) is 14. The number of unbranched alkanes of at least 4 members (excludes halogenated alkanes) is 2. The summed E-state index contributed by atoms with van der Waals surface area (Å²) in [7, 11) is 2.69. The maximum Gasteiger partial charge on any atom is 0.389 e. The predicted molar refractivity (Wildman–Crippen MR) is 291 cm³/mol. The average Bonchev–Trinajstić information content (AvgIpc) is 3.57. The molecule has 0 aliphatic heterocycles. The van der Waals surface area contributed by atoms with Gasteiger partial charge in [-0.1, -0.05) is 60.7 Å². The molecule has 0 spiro atoms. The van der Waals surface area contributed by atoms with E-state index in [2.05, 4.69) is 0 Å². The molecule has 0 unspecified atom stereocenters. The Hall–Kier alpha value is -8.62. The molecule has 81 heavy (non-hydrogen) atoms. The van der Waals surface area contributed by atoms with E-state index < -0.39 is 66.3 Å². The number of benzene rings is 6. The normalized spacial score (nSPS) is 12.1. The second-order valence-electron chi connectivity index (χ2n) is 19.0. The minimum absolute atomic E-state index is 0.00127. The van der Waals surface area contributed by atoms with Crippen LogP contribution in [0.3, 0.4) is 0 Å². The number of allylic oxidation sites excluding steroid dienone is 1. The van der Waals surface area contributed by atoms with Crippen molar-refractivity contribution >= 4 is 47.0 Å². The molecule has 0 aromatic heterocycles. The molecular formula is C61H60F6N2O12. The first-order valence-electron chi connectivity index (χ1n) is 25.4. The van der Waals surface area contributed by atoms with Crippen LogP contribution >= 0.6 is 0 Å². The molecule has 0 amide bonds. The van der Waals surface area contributed by atoms with Crippen LogP contribution in [0.25, 0.3) is 12.2 Å². The number of alkyl halides is 6. The second-order valence-corrected chi connectivity index (χ2v) is 19.0. The summed E-state index contributed by atoms with van der Waals surface area (Å²) in [6.07, 6.45) is -6.29. The van der Waals surface area contributed by atoms with E-state index in [1.165, 1.54) is 105 Å². The summed E-state index contributed by atoms with van der Waals surface area (Å²) in [4.78, 5) is 54.7. The van der Waals surface area contributed by atoms with Crippen LogP contribution in [0.4, 0.5) is 37.7 Å². The highest BCUT2D eigenvalue weighted by Gasteiger charge is 2.54. The molecule has 0 atom stereocenters. The van der Waals surface area contributed by atoms with Crippen molar-refractivity contribution < 1.29 is 84.2 Å². The number of esters is 2. The van der Waals surface area contributed by atoms with Gasteiger partial charge in [0.1, 0.15) is 11.5 Å². The molecule has 0 aliphatic rings. The van der Waals surface area contributed by atoms with E-state index in [0.717, 1.165) is 6.08 Å². The van der Waals surface area contributed by atoms with Crippen LogP contribution in [0.2, 0.25) is 0 Å². The summed E-state index contributed by atoms with van der Waals surface area (Å²) in [6.45, 7) is 0.00347. The fraction of sp³-hybridized carbons (Fsp3) is 0.279. The monoisotopic (exact) mass is 1130 g/mol. The van der Waals surface area contributed by atoms with Crippen LogP contribution in [-0.2, 0) is 22.4 Å². The number of rotatable bonds is 28. The first-order chi connectivity index (χ1) is 38.4. The Morgan fingerprint density at radius 2 is 0.901 bits per heavy atom. The van der Waals surface area contributed by atoms with Gasteiger partial charge in [-0.15, -0.1) is 0 Å². The Labute approximate surface area is 463 Å². The fourth-order valence-corrected chi connectivity index (χ4v) is 8.41. The standard InChI is InChI=1S/C61H60F6N2O12/c1-76-53-35-44(17-28-51(53)78-33-5-3-31-59(62,63)64)56(72)80-49-24-12-40(13-25-49)11-23-48(70)39-58(37-42-7-19-46(68)20-8-42,38-43-9-21-47(69)22-10-43)61(74,75)55(71)30-16-41-14-26-50(27-15-41)81-57(73)45-18-29-52(54(36-45)77-2)79-34-6-4-32-60(65,66)67/h7-30,35-36,74-75H,3-6,31-34,37-39,68-69H2,1-2H3. The first-order valence-corrected chi connectivity index (χ1v) is 25.4. The average molecular weight is 1130 g/mol. The third-order valence-electron chi connectivity index (χ3n) is 12.7. The number of carbonyl (C=O) groups excluding carboxylic acids is 4. The van der Waals surface area contributed by atoms with Crippen LogP contribution in [-0.4, -0.2) is 79.3 Å². The number of nitrogen functional groups attached to an aromatic ring is 2. The molecule has 14 nitrogen and oxygen atoms in total. The van der Waals surface area contributed by atoms with Gasteiger partial charge in [-0.05, 0) is 158 Å². The number of anilines is 2. The summed E-state index contributed by atoms with van der Waals surface area (Å²) in [6, 6.07) is 33.5. The Morgan fingerprint density at radius 3 is 1.28 bits per heavy atom. The van der Waals surface area contributed by atoms with Crippen molar-refractivity contribution in [1.29, 1.82) is 0 Å². The van der Waals surface area contributed by atoms with E-state index in [-0.39, 0.29) is 97.4 Å². The zero-order chi connectivity index (χ0) is 58.8. The lowest BCUT2D eigenvalue weighted by Crippen LogP contribution is -2.57. The topological polar surface area (TPSA) is 216 Å². The van der Waals surface area contributed by atoms with Crippen molar-refractivity contribution in [1.82, 2.24) is 0 Å². The second kappa shape index (κ2) is 28.0. The van der Waals surface area contributed by atoms with E-state index in [1.807, 2.05) is 0 Å². The third kappa shape index (κ3) is 18.7. The molecule has 0 aliphatic carbocycles. The van der Waals surface area contributed by atoms with Crippen LogP contribution < -0.4 is 39.9 Å². The van der Waals surface area contributed by atoms with E-state index in [0.29, 0.717) is 33.6 Å². The number of methoxy groups -OCH3 is 2. The molecule has 0 saturated heterocycles. The van der Waals surface area contributed by atoms with Crippen LogP contribution in [0.15, 0.2) is 146 Å². The number of aliphatic hydroxyl groups is 2. The molecule has 0 bridgehead atoms. The van der Waals surface area contributed by atoms with Gasteiger partial charge in [-0.25, -0.2) is 9.59 Å². The van der Waals surface area contributed by atoms with Gasteiger partial charge in [0.25, 0.3) is 0 Å². The van der Waals surface area contributed by atoms with Crippen molar-refractivity contribution in [2.45, 2.75) is 75.9 Å². The number of ether oxygens (including phenoxy) is 6. The van der Waals surface area contributed by atoms with E-state index >= 15 is 0 Å². The third-order valence-corrected chi connectivity index (χ3v) is 12.7. The maximum absolute atomic E-state index is 14.3. The molecule has 6 N–H and O–H groups in total. The van der Waals surface area contributed by atoms with Gasteiger partial charge >= 0.3 is 24.3 Å². The van der Waals surface area contributed by atoms with E-state index in [9.17, 15) is 55.7 Å². The van der Waals surface area contributed by atoms with Gasteiger partial charge in [0.05, 0.1) is 38.6 Å². The number of nitrogens with two attached hydrogens (primary N) is 2. The van der Waals surface area contributed by atoms with Gasteiger partial charge in [0.15, 0.2) is 28.8 Å². The lowest BCUT2D eigenvalue weighted by Gasteiger charge is -2.42. The molecule has 6 aromatic rings. The largest absolute Gasteiger partial charge is 0.493 e. The molecule has 0 heterocycles. The summed E-state index contributed by atoms with van der Waals surface area (Å²) >= 11 is 0. The molecule has 428 valence electrons. The SMILES string of the molecule is COc1cc(C(=O)Oc2ccc(C=CC(=O)CC(Cc3ccc(N)cc3)(Cc3ccc(N)cc3)C(O)(O)C(=O)C=Cc3ccc(OC(=O)c4ccc(OCCCCC(F)(F)F)c(OC)c4)cc3)cc2)ccc1OCCCCC(F)(F)F. The van der Waals surface area contributed by atoms with Gasteiger partial charge in [-0.2, -0.15) is 26.3 Å². The van der Waals surface area contributed by atoms with Gasteiger partial charge in [-0.3, -0.25) is 9.59 Å². The van der Waals surface area contributed by atoms with Crippen molar-refractivity contribution in [2.75, 3.05) is 38.9 Å². The molecule has 6 rings (SSSR count). The number of ketones is 2. The quantitative estimate of drug-likeness (QED) is 0.00684. The van der Waals surface area contributed by atoms with Crippen molar-refractivity contribution in [3.05, 3.63) is 179 Å². The van der Waals surface area contributed by atoms with Crippen molar-refractivity contribution in [3.8, 4) is 34.5 Å². The number of carbonyl (C=O) groups is 4. The summed E-state index contributed by atoms with van der Waals surface area (Å²) < 4.78 is 108. The van der Waals surface area contributed by atoms with E-state index in [1.54, 1.807) is 60.7 Å². The Bertz CT molecular complexity index is 3090. The van der Waals surface area contributed by atoms with Gasteiger partial charge in [0.2, 0.25) is 11.6 Å². The maximum atomic E-state index is 14.3. The van der Waals surface area contributed by atoms with Crippen molar-refractivity contribution in [2.24, 2.45) is 5.41 Å². The van der Waals surface area contributed by atoms with Crippen LogP contribution in [0, 0.1) is 5.41 Å². The Balaban J connectivity index is 1.15. The smallest absolute Gasteiger partial charge is 0.389 e. The van der Waals surface area contributed by atoms with Crippen LogP contribution in [0.1, 0.15) is 87.9 Å². The van der Waals surface area contributed by atoms with Crippen molar-refractivity contribution in [3.63, 3.8) is 0 Å². The van der Waals surface area contributed by atoms with E-state index in [4.69, 9.17) is 39.9 Å². The minimum atomic E-state index is -4.26. The molecule has 0 fully saturated rings. The highest BCUT2D eigenvalue weighted by atomic mass is 19.4. The highest BCUT2D eigenvalue weighted by Crippen LogP contribution is 2.43.